The van der Waals surface area contributed by atoms with Crippen LogP contribution in [0.1, 0.15) is 52.0 Å². The van der Waals surface area contributed by atoms with E-state index in [0.29, 0.717) is 12.8 Å². The fourth-order valence-electron chi connectivity index (χ4n) is 3.43. The van der Waals surface area contributed by atoms with Gasteiger partial charge in [-0.2, -0.15) is 0 Å². The lowest BCUT2D eigenvalue weighted by molar-refractivity contribution is -0.143. The Labute approximate surface area is 237 Å². The first-order valence-corrected chi connectivity index (χ1v) is 12.9. The van der Waals surface area contributed by atoms with Crippen LogP contribution in [0.4, 0.5) is 4.79 Å². The Morgan fingerprint density at radius 3 is 1.98 bits per heavy atom. The highest BCUT2D eigenvalue weighted by atomic mass is 16.5. The first kappa shape index (κ1) is 34.3. The molecule has 0 aliphatic rings. The van der Waals surface area contributed by atoms with E-state index in [1.807, 2.05) is 30.3 Å². The van der Waals surface area contributed by atoms with E-state index in [0.717, 1.165) is 5.56 Å². The second-order valence-electron chi connectivity index (χ2n) is 9.27. The summed E-state index contributed by atoms with van der Waals surface area (Å²) >= 11 is 0. The molecule has 6 amide bonds. The number of unbranched alkanes of at least 4 members (excludes halogenated alkanes) is 1. The maximum atomic E-state index is 12.7. The maximum Gasteiger partial charge on any atom is 0.407 e. The molecule has 0 saturated heterocycles. The van der Waals surface area contributed by atoms with E-state index in [2.05, 4.69) is 26.6 Å². The number of nitrogens with one attached hydrogen (secondary N) is 5. The second-order valence-corrected chi connectivity index (χ2v) is 9.27. The van der Waals surface area contributed by atoms with E-state index in [1.54, 1.807) is 0 Å². The molecule has 4 atom stereocenters. The number of hydrogen-bond donors (Lipinski definition) is 7. The molecule has 0 radical (unpaired) electrons. The summed E-state index contributed by atoms with van der Waals surface area (Å²) in [5.41, 5.74) is 5.83. The van der Waals surface area contributed by atoms with Crippen molar-refractivity contribution in [1.29, 1.82) is 0 Å². The lowest BCUT2D eigenvalue weighted by atomic mass is 10.1. The zero-order valence-electron chi connectivity index (χ0n) is 23.2. The number of primary amides is 1. The highest BCUT2D eigenvalue weighted by Gasteiger charge is 2.28. The second kappa shape index (κ2) is 17.8. The largest absolute Gasteiger partial charge is 0.480 e. The van der Waals surface area contributed by atoms with E-state index in [4.69, 9.17) is 15.6 Å². The van der Waals surface area contributed by atoms with Crippen molar-refractivity contribution >= 4 is 41.6 Å². The molecular weight excluding hydrogens is 540 g/mol. The van der Waals surface area contributed by atoms with Crippen LogP contribution in [0.3, 0.4) is 0 Å². The third-order valence-corrected chi connectivity index (χ3v) is 5.62. The van der Waals surface area contributed by atoms with E-state index in [9.17, 15) is 33.6 Å². The van der Waals surface area contributed by atoms with Crippen molar-refractivity contribution in [2.75, 3.05) is 6.54 Å². The predicted molar refractivity (Wildman–Crippen MR) is 145 cm³/mol. The van der Waals surface area contributed by atoms with Crippen molar-refractivity contribution in [3.05, 3.63) is 35.9 Å². The van der Waals surface area contributed by atoms with Gasteiger partial charge in [0.15, 0.2) is 0 Å². The highest BCUT2D eigenvalue weighted by Crippen LogP contribution is 2.04. The van der Waals surface area contributed by atoms with Crippen LogP contribution >= 0.6 is 0 Å². The van der Waals surface area contributed by atoms with Crippen LogP contribution in [0.25, 0.3) is 0 Å². The monoisotopic (exact) mass is 578 g/mol. The number of carboxylic acid groups (broad SMARTS) is 1. The number of carboxylic acids is 1. The Morgan fingerprint density at radius 2 is 1.41 bits per heavy atom. The van der Waals surface area contributed by atoms with E-state index >= 15 is 0 Å². The molecule has 0 aromatic heterocycles. The van der Waals surface area contributed by atoms with Gasteiger partial charge in [-0.3, -0.25) is 24.0 Å². The van der Waals surface area contributed by atoms with Gasteiger partial charge in [-0.1, -0.05) is 30.3 Å². The molecule has 1 rings (SSSR count). The lowest BCUT2D eigenvalue weighted by Crippen LogP contribution is -2.56. The Bertz CT molecular complexity index is 1080. The van der Waals surface area contributed by atoms with Gasteiger partial charge in [0.2, 0.25) is 29.5 Å². The summed E-state index contributed by atoms with van der Waals surface area (Å²) in [6.45, 7) is 4.30. The number of benzene rings is 1. The summed E-state index contributed by atoms with van der Waals surface area (Å²) in [4.78, 5) is 83.1. The van der Waals surface area contributed by atoms with Gasteiger partial charge in [0.1, 0.15) is 30.8 Å². The minimum absolute atomic E-state index is 0.130. The molecule has 1 aromatic carbocycles. The van der Waals surface area contributed by atoms with Crippen molar-refractivity contribution < 1.29 is 43.4 Å². The molecule has 0 heterocycles. The van der Waals surface area contributed by atoms with E-state index in [-0.39, 0.29) is 19.6 Å². The normalized spacial score (nSPS) is 13.3. The molecule has 0 spiro atoms. The number of rotatable bonds is 17. The van der Waals surface area contributed by atoms with Crippen molar-refractivity contribution in [3.63, 3.8) is 0 Å². The number of hydrogen-bond acceptors (Lipinski definition) is 8. The minimum atomic E-state index is -1.56. The molecule has 0 aliphatic carbocycles. The van der Waals surface area contributed by atoms with Crippen LogP contribution in [0, 0.1) is 0 Å². The van der Waals surface area contributed by atoms with Gasteiger partial charge in [-0.15, -0.1) is 0 Å². The summed E-state index contributed by atoms with van der Waals surface area (Å²) in [7, 11) is 0. The minimum Gasteiger partial charge on any atom is -0.480 e. The summed E-state index contributed by atoms with van der Waals surface area (Å²) in [5, 5.41) is 21.1. The molecule has 1 aromatic rings. The van der Waals surface area contributed by atoms with Crippen LogP contribution < -0.4 is 32.3 Å². The topological polar surface area (TPSA) is 235 Å². The van der Waals surface area contributed by atoms with Gasteiger partial charge < -0.3 is 42.2 Å². The number of carbonyl (C=O) groups excluding carboxylic acids is 6. The molecule has 4 unspecified atom stereocenters. The van der Waals surface area contributed by atoms with E-state index in [1.165, 1.54) is 20.8 Å². The van der Waals surface area contributed by atoms with E-state index < -0.39 is 72.2 Å². The van der Waals surface area contributed by atoms with Crippen molar-refractivity contribution in [1.82, 2.24) is 26.6 Å². The average Bonchev–Trinajstić information content (AvgIpc) is 2.90. The van der Waals surface area contributed by atoms with Crippen LogP contribution in [-0.4, -0.2) is 77.4 Å². The number of ether oxygens (including phenoxy) is 1. The molecule has 41 heavy (non-hydrogen) atoms. The van der Waals surface area contributed by atoms with Crippen molar-refractivity contribution in [2.45, 2.75) is 77.2 Å². The fraction of sp³-hybridized carbons (Fsp3) is 0.500. The zero-order chi connectivity index (χ0) is 30.9. The molecule has 0 aliphatic heterocycles. The molecular formula is C26H38N6O9. The molecule has 8 N–H and O–H groups in total. The van der Waals surface area contributed by atoms with Crippen LogP contribution in [0.5, 0.6) is 0 Å². The van der Waals surface area contributed by atoms with Crippen LogP contribution in [-0.2, 0) is 40.1 Å². The molecule has 15 nitrogen and oxygen atoms in total. The molecule has 15 heteroatoms. The summed E-state index contributed by atoms with van der Waals surface area (Å²) < 4.78 is 5.12. The third-order valence-electron chi connectivity index (χ3n) is 5.62. The molecule has 0 bridgehead atoms. The number of nitrogens with two attached hydrogens (primary N) is 1. The SMILES string of the molecule is CC(=O)NC(CCCCNC(=O)OCc1ccccc1)C(=O)NC(C)C(=O)NC(C)C(=O)NC(CC(N)=O)C(=O)O. The highest BCUT2D eigenvalue weighted by molar-refractivity contribution is 5.95. The van der Waals surface area contributed by atoms with Gasteiger partial charge >= 0.3 is 12.1 Å². The molecule has 226 valence electrons. The third kappa shape index (κ3) is 14.3. The quantitative estimate of drug-likeness (QED) is 0.113. The maximum absolute atomic E-state index is 12.7. The zero-order valence-corrected chi connectivity index (χ0v) is 23.2. The van der Waals surface area contributed by atoms with Gasteiger partial charge in [0.05, 0.1) is 6.42 Å². The van der Waals surface area contributed by atoms with Gasteiger partial charge in [-0.25, -0.2) is 9.59 Å². The number of alkyl carbamates (subject to hydrolysis) is 1. The standard InChI is InChI=1S/C26H38N6O9/c1-15(22(35)29-16(2)23(36)32-20(25(38)39)13-21(27)34)30-24(37)19(31-17(3)33)11-7-8-12-28-26(40)41-14-18-9-5-4-6-10-18/h4-6,9-10,15-16,19-20H,7-8,11-14H2,1-3H3,(H2,27,34)(H,28,40)(H,29,35)(H,30,37)(H,31,33)(H,32,36)(H,38,39). The number of carbonyl (C=O) groups is 7. The fourth-order valence-corrected chi connectivity index (χ4v) is 3.43. The Kier molecular flexibility index (Phi) is 14.9. The number of amides is 6. The van der Waals surface area contributed by atoms with Gasteiger partial charge in [0, 0.05) is 13.5 Å². The molecule has 0 fully saturated rings. The predicted octanol–water partition coefficient (Wildman–Crippen LogP) is -0.958. The Hall–Kier alpha value is -4.69. The summed E-state index contributed by atoms with van der Waals surface area (Å²) in [6, 6.07) is 4.33. The smallest absolute Gasteiger partial charge is 0.407 e. The Balaban J connectivity index is 2.49. The first-order valence-electron chi connectivity index (χ1n) is 12.9. The van der Waals surface area contributed by atoms with Gasteiger partial charge in [-0.05, 0) is 38.7 Å². The summed E-state index contributed by atoms with van der Waals surface area (Å²) in [5.74, 6) is -5.13. The number of aliphatic carboxylic acids is 1. The van der Waals surface area contributed by atoms with Gasteiger partial charge in [0.25, 0.3) is 0 Å². The average molecular weight is 579 g/mol. The van der Waals surface area contributed by atoms with Crippen molar-refractivity contribution in [2.24, 2.45) is 5.73 Å². The van der Waals surface area contributed by atoms with Crippen molar-refractivity contribution in [3.8, 4) is 0 Å². The van der Waals surface area contributed by atoms with Crippen LogP contribution in [0.2, 0.25) is 0 Å². The molecule has 0 saturated carbocycles. The first-order chi connectivity index (χ1) is 19.3. The summed E-state index contributed by atoms with van der Waals surface area (Å²) in [6.07, 6.45) is -0.0627. The lowest BCUT2D eigenvalue weighted by Gasteiger charge is -2.22. The van der Waals surface area contributed by atoms with Crippen LogP contribution in [0.15, 0.2) is 30.3 Å². The Morgan fingerprint density at radius 1 is 0.829 bits per heavy atom.